The van der Waals surface area contributed by atoms with Crippen molar-refractivity contribution in [3.05, 3.63) is 0 Å². The van der Waals surface area contributed by atoms with Crippen LogP contribution in [0.4, 0.5) is 0 Å². The predicted molar refractivity (Wildman–Crippen MR) is 95.4 cm³/mol. The summed E-state index contributed by atoms with van der Waals surface area (Å²) in [6.07, 6.45) is 6.28. The number of Topliss-reactive ketones (excluding diaryl/α,β-unsaturated/α-hetero) is 1. The van der Waals surface area contributed by atoms with Crippen molar-refractivity contribution >= 4 is 29.4 Å². The number of nitrogens with one attached hydrogen (secondary N) is 2. The third-order valence-corrected chi connectivity index (χ3v) is 4.13. The molecule has 0 aliphatic rings. The van der Waals surface area contributed by atoms with Gasteiger partial charge in [0.15, 0.2) is 0 Å². The molecule has 23 heavy (non-hydrogen) atoms. The Morgan fingerprint density at radius 3 is 1.83 bits per heavy atom. The minimum absolute atomic E-state index is 0.0280. The van der Waals surface area contributed by atoms with E-state index in [4.69, 9.17) is 5.73 Å². The van der Waals surface area contributed by atoms with Crippen molar-refractivity contribution in [3.63, 3.8) is 0 Å². The highest BCUT2D eigenvalue weighted by Gasteiger charge is 2.05. The highest BCUT2D eigenvalue weighted by Crippen LogP contribution is 2.01. The number of hydrogen-bond acceptors (Lipinski definition) is 5. The van der Waals surface area contributed by atoms with Crippen molar-refractivity contribution in [1.29, 1.82) is 0 Å². The van der Waals surface area contributed by atoms with Crippen LogP contribution in [0.2, 0.25) is 0 Å². The van der Waals surface area contributed by atoms with Crippen LogP contribution in [0.25, 0.3) is 0 Å². The fourth-order valence-corrected chi connectivity index (χ4v) is 2.59. The lowest BCUT2D eigenvalue weighted by molar-refractivity contribution is -0.119. The quantitative estimate of drug-likeness (QED) is 0.388. The maximum absolute atomic E-state index is 11.6. The van der Waals surface area contributed by atoms with Crippen LogP contribution in [0.15, 0.2) is 0 Å². The lowest BCUT2D eigenvalue weighted by Crippen LogP contribution is -2.29. The lowest BCUT2D eigenvalue weighted by atomic mass is 10.1. The first-order valence-corrected chi connectivity index (χ1v) is 9.52. The molecule has 4 N–H and O–H groups in total. The zero-order valence-electron chi connectivity index (χ0n) is 14.2. The smallest absolute Gasteiger partial charge is 0.230 e. The van der Waals surface area contributed by atoms with E-state index in [0.717, 1.165) is 38.5 Å². The average Bonchev–Trinajstić information content (AvgIpc) is 2.50. The number of thioether (sulfide) groups is 1. The maximum atomic E-state index is 11.6. The van der Waals surface area contributed by atoms with Gasteiger partial charge in [0.2, 0.25) is 11.8 Å². The summed E-state index contributed by atoms with van der Waals surface area (Å²) < 4.78 is 0. The normalized spacial score (nSPS) is 10.3. The fraction of sp³-hybridized carbons (Fsp3) is 0.812. The SMILES string of the molecule is CC(=O)CCCCCNC(=O)CSCC(=O)NCCCCCN. The van der Waals surface area contributed by atoms with Crippen LogP contribution in [0.5, 0.6) is 0 Å². The number of nitrogens with two attached hydrogens (primary N) is 1. The summed E-state index contributed by atoms with van der Waals surface area (Å²) in [4.78, 5) is 33.9. The zero-order valence-corrected chi connectivity index (χ0v) is 15.0. The van der Waals surface area contributed by atoms with E-state index < -0.39 is 0 Å². The molecule has 134 valence electrons. The summed E-state index contributed by atoms with van der Waals surface area (Å²) in [7, 11) is 0. The number of hydrogen-bond donors (Lipinski definition) is 3. The van der Waals surface area contributed by atoms with Crippen LogP contribution in [0, 0.1) is 0 Å². The molecule has 0 saturated heterocycles. The number of rotatable bonds is 15. The standard InChI is InChI=1S/C16H31N3O3S/c1-14(20)8-4-2-6-10-18-15(21)12-23-13-16(22)19-11-7-3-5-9-17/h2-13,17H2,1H3,(H,18,21)(H,19,22). The van der Waals surface area contributed by atoms with Gasteiger partial charge in [0.05, 0.1) is 11.5 Å². The Kier molecular flexibility index (Phi) is 15.1. The highest BCUT2D eigenvalue weighted by atomic mass is 32.2. The molecule has 0 radical (unpaired) electrons. The van der Waals surface area contributed by atoms with Gasteiger partial charge in [0.1, 0.15) is 5.78 Å². The number of carbonyl (C=O) groups excluding carboxylic acids is 3. The first-order valence-electron chi connectivity index (χ1n) is 8.37. The third kappa shape index (κ3) is 17.1. The molecular weight excluding hydrogens is 314 g/mol. The van der Waals surface area contributed by atoms with Gasteiger partial charge in [-0.15, -0.1) is 11.8 Å². The molecule has 0 spiro atoms. The van der Waals surface area contributed by atoms with E-state index in [9.17, 15) is 14.4 Å². The van der Waals surface area contributed by atoms with Gasteiger partial charge in [-0.25, -0.2) is 0 Å². The molecule has 0 bridgehead atoms. The molecule has 0 aromatic heterocycles. The van der Waals surface area contributed by atoms with Crippen LogP contribution in [0.1, 0.15) is 51.9 Å². The van der Waals surface area contributed by atoms with Gasteiger partial charge in [-0.05, 0) is 39.2 Å². The minimum atomic E-state index is -0.0442. The van der Waals surface area contributed by atoms with Crippen molar-refractivity contribution in [1.82, 2.24) is 10.6 Å². The highest BCUT2D eigenvalue weighted by molar-refractivity contribution is 8.00. The molecule has 0 unspecified atom stereocenters. The molecular formula is C16H31N3O3S. The topological polar surface area (TPSA) is 101 Å². The maximum Gasteiger partial charge on any atom is 0.230 e. The van der Waals surface area contributed by atoms with E-state index in [0.29, 0.717) is 37.6 Å². The Hall–Kier alpha value is -1.08. The fourth-order valence-electron chi connectivity index (χ4n) is 1.92. The third-order valence-electron chi connectivity index (χ3n) is 3.20. The van der Waals surface area contributed by atoms with Crippen molar-refractivity contribution in [2.75, 3.05) is 31.1 Å². The van der Waals surface area contributed by atoms with E-state index in [1.165, 1.54) is 11.8 Å². The lowest BCUT2D eigenvalue weighted by Gasteiger charge is -2.06. The Morgan fingerprint density at radius 2 is 1.35 bits per heavy atom. The van der Waals surface area contributed by atoms with Crippen LogP contribution < -0.4 is 16.4 Å². The Balaban J connectivity index is 3.38. The molecule has 6 nitrogen and oxygen atoms in total. The molecule has 2 amide bonds. The molecule has 0 saturated carbocycles. The van der Waals surface area contributed by atoms with Crippen LogP contribution in [-0.2, 0) is 14.4 Å². The predicted octanol–water partition coefficient (Wildman–Crippen LogP) is 1.23. The molecule has 0 aliphatic heterocycles. The molecule has 7 heteroatoms. The second-order valence-electron chi connectivity index (χ2n) is 5.55. The van der Waals surface area contributed by atoms with Gasteiger partial charge in [-0.1, -0.05) is 12.8 Å². The molecule has 0 fully saturated rings. The first-order chi connectivity index (χ1) is 11.1. The average molecular weight is 346 g/mol. The largest absolute Gasteiger partial charge is 0.355 e. The molecule has 0 aromatic carbocycles. The second-order valence-corrected chi connectivity index (χ2v) is 6.54. The number of amides is 2. The summed E-state index contributed by atoms with van der Waals surface area (Å²) in [6.45, 7) is 3.58. The van der Waals surface area contributed by atoms with Gasteiger partial charge < -0.3 is 21.2 Å². The van der Waals surface area contributed by atoms with Crippen LogP contribution >= 0.6 is 11.8 Å². The molecule has 0 heterocycles. The summed E-state index contributed by atoms with van der Waals surface area (Å²) in [5.74, 6) is 0.747. The first kappa shape index (κ1) is 21.9. The molecule has 0 aliphatic carbocycles. The number of carbonyl (C=O) groups is 3. The van der Waals surface area contributed by atoms with Crippen LogP contribution in [-0.4, -0.2) is 48.7 Å². The van der Waals surface area contributed by atoms with Gasteiger partial charge in [0.25, 0.3) is 0 Å². The van der Waals surface area contributed by atoms with Gasteiger partial charge >= 0.3 is 0 Å². The van der Waals surface area contributed by atoms with E-state index in [2.05, 4.69) is 10.6 Å². The molecule has 0 rings (SSSR count). The number of unbranched alkanes of at least 4 members (excludes halogenated alkanes) is 4. The van der Waals surface area contributed by atoms with E-state index in [-0.39, 0.29) is 17.6 Å². The van der Waals surface area contributed by atoms with E-state index >= 15 is 0 Å². The van der Waals surface area contributed by atoms with Crippen molar-refractivity contribution < 1.29 is 14.4 Å². The van der Waals surface area contributed by atoms with Crippen molar-refractivity contribution in [2.24, 2.45) is 5.73 Å². The Bertz CT molecular complexity index is 351. The Morgan fingerprint density at radius 1 is 0.826 bits per heavy atom. The monoisotopic (exact) mass is 345 g/mol. The van der Waals surface area contributed by atoms with E-state index in [1.807, 2.05) is 0 Å². The zero-order chi connectivity index (χ0) is 17.3. The molecule has 0 aromatic rings. The Labute approximate surface area is 143 Å². The van der Waals surface area contributed by atoms with Gasteiger partial charge in [-0.3, -0.25) is 9.59 Å². The van der Waals surface area contributed by atoms with Crippen molar-refractivity contribution in [2.45, 2.75) is 51.9 Å². The summed E-state index contributed by atoms with van der Waals surface area (Å²) in [5.41, 5.74) is 5.39. The second kappa shape index (κ2) is 15.8. The minimum Gasteiger partial charge on any atom is -0.355 e. The number of ketones is 1. The van der Waals surface area contributed by atoms with E-state index in [1.54, 1.807) is 6.92 Å². The van der Waals surface area contributed by atoms with Gasteiger partial charge in [0, 0.05) is 19.5 Å². The summed E-state index contributed by atoms with van der Waals surface area (Å²) in [6, 6.07) is 0. The molecule has 0 atom stereocenters. The van der Waals surface area contributed by atoms with Crippen LogP contribution in [0.3, 0.4) is 0 Å². The van der Waals surface area contributed by atoms with Crippen molar-refractivity contribution in [3.8, 4) is 0 Å². The summed E-state index contributed by atoms with van der Waals surface area (Å²) >= 11 is 1.32. The van der Waals surface area contributed by atoms with Gasteiger partial charge in [-0.2, -0.15) is 0 Å². The summed E-state index contributed by atoms with van der Waals surface area (Å²) in [5, 5.41) is 5.65.